The van der Waals surface area contributed by atoms with E-state index in [1.807, 2.05) is 0 Å². The van der Waals surface area contributed by atoms with Gasteiger partial charge >= 0.3 is 6.16 Å². The lowest BCUT2D eigenvalue weighted by atomic mass is 10.1. The first-order valence-corrected chi connectivity index (χ1v) is 7.46. The van der Waals surface area contributed by atoms with Crippen LogP contribution in [0.1, 0.15) is 11.8 Å². The summed E-state index contributed by atoms with van der Waals surface area (Å²) in [7, 11) is 0. The Morgan fingerprint density at radius 3 is 2.83 bits per heavy atom. The Bertz CT molecular complexity index is 855. The van der Waals surface area contributed by atoms with Gasteiger partial charge in [0.2, 0.25) is 0 Å². The molecule has 0 saturated carbocycles. The summed E-state index contributed by atoms with van der Waals surface area (Å²) in [6.45, 7) is -0.327. The molecule has 0 spiro atoms. The number of aliphatic hydroxyl groups excluding tert-OH is 1. The van der Waals surface area contributed by atoms with Crippen molar-refractivity contribution in [2.75, 3.05) is 12.3 Å². The van der Waals surface area contributed by atoms with Crippen LogP contribution in [0.5, 0.6) is 0 Å². The van der Waals surface area contributed by atoms with Gasteiger partial charge in [0, 0.05) is 11.8 Å². The van der Waals surface area contributed by atoms with Crippen molar-refractivity contribution in [3.8, 4) is 0 Å². The first-order chi connectivity index (χ1) is 11.5. The summed E-state index contributed by atoms with van der Waals surface area (Å²) in [5.74, 6) is 0.217. The number of rotatable bonds is 3. The van der Waals surface area contributed by atoms with Gasteiger partial charge in [-0.15, -0.1) is 0 Å². The molecule has 11 heteroatoms. The second kappa shape index (κ2) is 5.26. The Kier molecular flexibility index (Phi) is 3.30. The summed E-state index contributed by atoms with van der Waals surface area (Å²) < 4.78 is 17.6. The van der Waals surface area contributed by atoms with Gasteiger partial charge in [-0.05, 0) is 0 Å². The van der Waals surface area contributed by atoms with Gasteiger partial charge in [0.15, 0.2) is 18.4 Å². The average molecular weight is 351 g/mol. The Morgan fingerprint density at radius 2 is 2.12 bits per heavy atom. The highest BCUT2D eigenvalue weighted by atomic mass is 32.1. The maximum atomic E-state index is 11.4. The topological polar surface area (TPSA) is 148 Å². The molecule has 0 aliphatic carbocycles. The van der Waals surface area contributed by atoms with Crippen molar-refractivity contribution in [3.63, 3.8) is 0 Å². The summed E-state index contributed by atoms with van der Waals surface area (Å²) in [4.78, 5) is 19.7. The van der Waals surface area contributed by atoms with Crippen molar-refractivity contribution in [3.05, 3.63) is 18.1 Å². The second-order valence-corrected chi connectivity index (χ2v) is 5.87. The Labute approximate surface area is 140 Å². The van der Waals surface area contributed by atoms with Gasteiger partial charge in [0.1, 0.15) is 28.9 Å². The molecule has 24 heavy (non-hydrogen) atoms. The van der Waals surface area contributed by atoms with Crippen molar-refractivity contribution in [1.82, 2.24) is 14.5 Å². The molecule has 2 aliphatic rings. The van der Waals surface area contributed by atoms with Crippen molar-refractivity contribution < 1.29 is 24.1 Å². The number of carbonyl (C=O) groups excluding carboxylic acids is 1. The number of aliphatic hydroxyl groups is 1. The van der Waals surface area contributed by atoms with Crippen LogP contribution in [0.2, 0.25) is 0 Å². The summed E-state index contributed by atoms with van der Waals surface area (Å²) in [5.41, 5.74) is 12.6. The summed E-state index contributed by atoms with van der Waals surface area (Å²) in [6, 6.07) is 0. The van der Waals surface area contributed by atoms with Crippen molar-refractivity contribution in [2.24, 2.45) is 5.73 Å². The maximum absolute atomic E-state index is 11.4. The monoisotopic (exact) mass is 351 g/mol. The standard InChI is InChI=1S/C13H13N5O5S/c14-9-6-4(10(15)24)1-18(11(6)17-3-16-9)12-8-7(5(2-19)21-12)22-13(20)23-8/h1,3,5,7-8,12,19H,2H2,(H2,15,24)(H2,14,16,17)/t5-,7-,8+,12-/m1/s1. The third kappa shape index (κ3) is 2.02. The molecule has 2 aromatic heterocycles. The predicted octanol–water partition coefficient (Wildman–Crippen LogP) is -0.559. The molecule has 10 nitrogen and oxygen atoms in total. The second-order valence-electron chi connectivity index (χ2n) is 5.43. The van der Waals surface area contributed by atoms with Crippen molar-refractivity contribution in [2.45, 2.75) is 24.5 Å². The minimum absolute atomic E-state index is 0.119. The number of thiocarbonyl (C=S) groups is 1. The Morgan fingerprint density at radius 1 is 1.38 bits per heavy atom. The largest absolute Gasteiger partial charge is 0.509 e. The third-order valence-corrected chi connectivity index (χ3v) is 4.33. The smallest absolute Gasteiger partial charge is 0.424 e. The molecule has 4 atom stereocenters. The van der Waals surface area contributed by atoms with Crippen LogP contribution in [0.3, 0.4) is 0 Å². The zero-order chi connectivity index (χ0) is 17.0. The molecular formula is C13H13N5O5S. The number of hydrogen-bond donors (Lipinski definition) is 3. The molecule has 4 heterocycles. The SMILES string of the molecule is NC(=S)c1cn([C@@H]2O[C@H](CO)[C@H]3OC(=O)O[C@@H]32)c2ncnc(N)c12. The van der Waals surface area contributed by atoms with Gasteiger partial charge in [-0.3, -0.25) is 0 Å². The first kappa shape index (κ1) is 15.1. The lowest BCUT2D eigenvalue weighted by Crippen LogP contribution is -2.30. The normalized spacial score (nSPS) is 28.6. The molecule has 0 amide bonds. The number of carbonyl (C=O) groups is 1. The Balaban J connectivity index is 1.86. The third-order valence-electron chi connectivity index (χ3n) is 4.11. The fraction of sp³-hybridized carbons (Fsp3) is 0.385. The molecule has 0 radical (unpaired) electrons. The van der Waals surface area contributed by atoms with Crippen molar-refractivity contribution in [1.29, 1.82) is 0 Å². The molecule has 0 bridgehead atoms. The number of fused-ring (bicyclic) bond motifs is 2. The molecule has 126 valence electrons. The van der Waals surface area contributed by atoms with E-state index in [1.165, 1.54) is 6.33 Å². The van der Waals surface area contributed by atoms with E-state index in [-0.39, 0.29) is 17.4 Å². The zero-order valence-electron chi connectivity index (χ0n) is 12.2. The van der Waals surface area contributed by atoms with Crippen molar-refractivity contribution >= 4 is 40.2 Å². The molecule has 0 unspecified atom stereocenters. The average Bonchev–Trinajstić information content (AvgIpc) is 3.18. The van der Waals surface area contributed by atoms with Crippen LogP contribution in [0.15, 0.2) is 12.5 Å². The number of anilines is 1. The van der Waals surface area contributed by atoms with E-state index in [2.05, 4.69) is 9.97 Å². The van der Waals surface area contributed by atoms with E-state index in [0.29, 0.717) is 16.6 Å². The van der Waals surface area contributed by atoms with E-state index in [4.69, 9.17) is 37.9 Å². The van der Waals surface area contributed by atoms with Gasteiger partial charge in [-0.25, -0.2) is 14.8 Å². The van der Waals surface area contributed by atoms with Crippen LogP contribution in [0.4, 0.5) is 10.6 Å². The fourth-order valence-electron chi connectivity index (χ4n) is 3.09. The molecule has 2 saturated heterocycles. The number of nitrogens with two attached hydrogens (primary N) is 2. The van der Waals surface area contributed by atoms with Crippen LogP contribution < -0.4 is 11.5 Å². The molecule has 2 aliphatic heterocycles. The Hall–Kier alpha value is -2.50. The van der Waals surface area contributed by atoms with Gasteiger partial charge in [-0.2, -0.15) is 0 Å². The van der Waals surface area contributed by atoms with E-state index in [0.717, 1.165) is 0 Å². The number of nitrogens with zero attached hydrogens (tertiary/aromatic N) is 3. The lowest BCUT2D eigenvalue weighted by Gasteiger charge is -2.17. The highest BCUT2D eigenvalue weighted by Gasteiger charge is 2.55. The van der Waals surface area contributed by atoms with Gasteiger partial charge < -0.3 is 35.4 Å². The van der Waals surface area contributed by atoms with Gasteiger partial charge in [0.25, 0.3) is 0 Å². The zero-order valence-corrected chi connectivity index (χ0v) is 13.0. The molecule has 5 N–H and O–H groups in total. The van der Waals surface area contributed by atoms with E-state index >= 15 is 0 Å². The van der Waals surface area contributed by atoms with Crippen LogP contribution in [0.25, 0.3) is 11.0 Å². The number of hydrogen-bond acceptors (Lipinski definition) is 9. The molecule has 4 rings (SSSR count). The fourth-order valence-corrected chi connectivity index (χ4v) is 3.24. The van der Waals surface area contributed by atoms with E-state index < -0.39 is 30.7 Å². The lowest BCUT2D eigenvalue weighted by molar-refractivity contribution is -0.0702. The molecular weight excluding hydrogens is 338 g/mol. The van der Waals surface area contributed by atoms with Crippen LogP contribution in [-0.4, -0.2) is 55.7 Å². The minimum Gasteiger partial charge on any atom is -0.424 e. The van der Waals surface area contributed by atoms with Crippen LogP contribution in [0, 0.1) is 0 Å². The first-order valence-electron chi connectivity index (χ1n) is 7.05. The van der Waals surface area contributed by atoms with Crippen LogP contribution in [-0.2, 0) is 14.2 Å². The van der Waals surface area contributed by atoms with Crippen LogP contribution >= 0.6 is 12.2 Å². The summed E-state index contributed by atoms with van der Waals surface area (Å²) in [6.07, 6.45) is -0.819. The highest BCUT2D eigenvalue weighted by molar-refractivity contribution is 7.80. The molecule has 0 aromatic carbocycles. The predicted molar refractivity (Wildman–Crippen MR) is 84.0 cm³/mol. The van der Waals surface area contributed by atoms with E-state index in [1.54, 1.807) is 10.8 Å². The number of aromatic nitrogens is 3. The number of ether oxygens (including phenoxy) is 3. The van der Waals surface area contributed by atoms with Gasteiger partial charge in [0.05, 0.1) is 12.0 Å². The minimum atomic E-state index is -0.808. The van der Waals surface area contributed by atoms with Gasteiger partial charge in [-0.1, -0.05) is 12.2 Å². The molecule has 2 fully saturated rings. The van der Waals surface area contributed by atoms with E-state index in [9.17, 15) is 9.90 Å². The summed E-state index contributed by atoms with van der Waals surface area (Å²) >= 11 is 5.06. The number of nitrogen functional groups attached to an aromatic ring is 1. The maximum Gasteiger partial charge on any atom is 0.509 e. The quantitative estimate of drug-likeness (QED) is 0.485. The highest BCUT2D eigenvalue weighted by Crippen LogP contribution is 2.40. The molecule has 2 aromatic rings. The summed E-state index contributed by atoms with van der Waals surface area (Å²) in [5, 5.41) is 9.94.